The standard InChI is InChI=1S/C14H26N2O2/c1-11(2)10-18-9-8-16-14(17)12-6-4-3-5-7-13(12)15/h12-13H,1,3-10,15H2,2H3,(H,16,17). The van der Waals surface area contributed by atoms with Gasteiger partial charge < -0.3 is 15.8 Å². The summed E-state index contributed by atoms with van der Waals surface area (Å²) in [5, 5.41) is 2.91. The predicted molar refractivity (Wildman–Crippen MR) is 73.2 cm³/mol. The molecule has 0 aromatic carbocycles. The van der Waals surface area contributed by atoms with Crippen LogP contribution < -0.4 is 11.1 Å². The molecule has 2 atom stereocenters. The second-order valence-corrected chi connectivity index (χ2v) is 5.21. The average molecular weight is 254 g/mol. The van der Waals surface area contributed by atoms with Gasteiger partial charge in [0, 0.05) is 12.6 Å². The quantitative estimate of drug-likeness (QED) is 0.430. The van der Waals surface area contributed by atoms with E-state index in [-0.39, 0.29) is 17.9 Å². The van der Waals surface area contributed by atoms with Crippen molar-refractivity contribution >= 4 is 5.91 Å². The SMILES string of the molecule is C=C(C)COCCNC(=O)C1CCCCCC1N. The molecule has 3 N–H and O–H groups in total. The molecule has 18 heavy (non-hydrogen) atoms. The van der Waals surface area contributed by atoms with E-state index in [0.717, 1.165) is 31.3 Å². The summed E-state index contributed by atoms with van der Waals surface area (Å²) in [6, 6.07) is 0.0174. The Morgan fingerprint density at radius 3 is 2.83 bits per heavy atom. The maximum absolute atomic E-state index is 12.0. The zero-order valence-electron chi connectivity index (χ0n) is 11.4. The van der Waals surface area contributed by atoms with Crippen molar-refractivity contribution in [2.75, 3.05) is 19.8 Å². The van der Waals surface area contributed by atoms with Crippen molar-refractivity contribution in [1.29, 1.82) is 0 Å². The van der Waals surface area contributed by atoms with Crippen LogP contribution in [0, 0.1) is 5.92 Å². The largest absolute Gasteiger partial charge is 0.375 e. The first-order chi connectivity index (χ1) is 8.61. The molecule has 0 saturated heterocycles. The number of hydrogen-bond donors (Lipinski definition) is 2. The van der Waals surface area contributed by atoms with Crippen LogP contribution in [-0.4, -0.2) is 31.7 Å². The minimum atomic E-state index is -0.0198. The van der Waals surface area contributed by atoms with Gasteiger partial charge >= 0.3 is 0 Å². The Balaban J connectivity index is 2.20. The second-order valence-electron chi connectivity index (χ2n) is 5.21. The Labute approximate surface area is 110 Å². The van der Waals surface area contributed by atoms with E-state index < -0.39 is 0 Å². The van der Waals surface area contributed by atoms with Crippen molar-refractivity contribution in [3.05, 3.63) is 12.2 Å². The summed E-state index contributed by atoms with van der Waals surface area (Å²) in [6.07, 6.45) is 5.33. The molecule has 1 fully saturated rings. The summed E-state index contributed by atoms with van der Waals surface area (Å²) in [5.74, 6) is 0.0666. The smallest absolute Gasteiger partial charge is 0.224 e. The van der Waals surface area contributed by atoms with Crippen molar-refractivity contribution < 1.29 is 9.53 Å². The molecule has 1 amide bonds. The molecule has 0 spiro atoms. The summed E-state index contributed by atoms with van der Waals surface area (Å²) in [4.78, 5) is 12.0. The van der Waals surface area contributed by atoms with E-state index in [4.69, 9.17) is 10.5 Å². The van der Waals surface area contributed by atoms with E-state index in [1.54, 1.807) is 0 Å². The number of carbonyl (C=O) groups is 1. The highest BCUT2D eigenvalue weighted by Gasteiger charge is 2.26. The summed E-state index contributed by atoms with van der Waals surface area (Å²) in [6.45, 7) is 7.31. The first-order valence-electron chi connectivity index (χ1n) is 6.86. The Morgan fingerprint density at radius 2 is 2.11 bits per heavy atom. The molecule has 0 radical (unpaired) electrons. The zero-order chi connectivity index (χ0) is 13.4. The Kier molecular flexibility index (Phi) is 6.98. The van der Waals surface area contributed by atoms with Gasteiger partial charge in [0.15, 0.2) is 0 Å². The van der Waals surface area contributed by atoms with E-state index in [2.05, 4.69) is 11.9 Å². The molecular weight excluding hydrogens is 228 g/mol. The van der Waals surface area contributed by atoms with Crippen molar-refractivity contribution in [1.82, 2.24) is 5.32 Å². The fourth-order valence-corrected chi connectivity index (χ4v) is 2.29. The van der Waals surface area contributed by atoms with Crippen LogP contribution in [0.25, 0.3) is 0 Å². The van der Waals surface area contributed by atoms with Gasteiger partial charge in [-0.1, -0.05) is 31.4 Å². The first kappa shape index (κ1) is 15.2. The summed E-state index contributed by atoms with van der Waals surface area (Å²) < 4.78 is 5.34. The minimum absolute atomic E-state index is 0.0174. The number of carbonyl (C=O) groups excluding carboxylic acids is 1. The molecule has 2 unspecified atom stereocenters. The predicted octanol–water partition coefficient (Wildman–Crippen LogP) is 1.60. The third-order valence-electron chi connectivity index (χ3n) is 3.30. The summed E-state index contributed by atoms with van der Waals surface area (Å²) in [5.41, 5.74) is 7.04. The number of rotatable bonds is 6. The van der Waals surface area contributed by atoms with Crippen LogP contribution in [-0.2, 0) is 9.53 Å². The molecule has 1 saturated carbocycles. The molecule has 104 valence electrons. The number of nitrogens with one attached hydrogen (secondary N) is 1. The van der Waals surface area contributed by atoms with Crippen LogP contribution >= 0.6 is 0 Å². The highest BCUT2D eigenvalue weighted by Crippen LogP contribution is 2.22. The highest BCUT2D eigenvalue weighted by molar-refractivity contribution is 5.79. The Bertz CT molecular complexity index is 279. The first-order valence-corrected chi connectivity index (χ1v) is 6.86. The lowest BCUT2D eigenvalue weighted by Gasteiger charge is -2.20. The van der Waals surface area contributed by atoms with Gasteiger partial charge in [-0.25, -0.2) is 0 Å². The van der Waals surface area contributed by atoms with Crippen LogP contribution in [0.5, 0.6) is 0 Å². The normalized spacial score (nSPS) is 24.3. The van der Waals surface area contributed by atoms with E-state index in [1.807, 2.05) is 6.92 Å². The van der Waals surface area contributed by atoms with Crippen LogP contribution in [0.2, 0.25) is 0 Å². The van der Waals surface area contributed by atoms with Gasteiger partial charge in [0.2, 0.25) is 5.91 Å². The van der Waals surface area contributed by atoms with Gasteiger partial charge in [-0.15, -0.1) is 0 Å². The van der Waals surface area contributed by atoms with Gasteiger partial charge in [0.25, 0.3) is 0 Å². The molecule has 0 aromatic rings. The van der Waals surface area contributed by atoms with Crippen LogP contribution in [0.4, 0.5) is 0 Å². The fraction of sp³-hybridized carbons (Fsp3) is 0.786. The molecular formula is C14H26N2O2. The van der Waals surface area contributed by atoms with Crippen molar-refractivity contribution in [2.24, 2.45) is 11.7 Å². The molecule has 0 aromatic heterocycles. The topological polar surface area (TPSA) is 64.3 Å². The van der Waals surface area contributed by atoms with Crippen LogP contribution in [0.3, 0.4) is 0 Å². The zero-order valence-corrected chi connectivity index (χ0v) is 11.4. The third-order valence-corrected chi connectivity index (χ3v) is 3.30. The fourth-order valence-electron chi connectivity index (χ4n) is 2.29. The lowest BCUT2D eigenvalue weighted by molar-refractivity contribution is -0.126. The highest BCUT2D eigenvalue weighted by atomic mass is 16.5. The van der Waals surface area contributed by atoms with Gasteiger partial charge in [0.05, 0.1) is 19.1 Å². The number of hydrogen-bond acceptors (Lipinski definition) is 3. The lowest BCUT2D eigenvalue weighted by atomic mass is 9.95. The Hall–Kier alpha value is -0.870. The molecule has 0 bridgehead atoms. The molecule has 1 aliphatic rings. The minimum Gasteiger partial charge on any atom is -0.375 e. The number of nitrogens with two attached hydrogens (primary N) is 1. The molecule has 4 nitrogen and oxygen atoms in total. The van der Waals surface area contributed by atoms with Crippen LogP contribution in [0.15, 0.2) is 12.2 Å². The molecule has 0 aliphatic heterocycles. The van der Waals surface area contributed by atoms with Gasteiger partial charge in [0.1, 0.15) is 0 Å². The molecule has 0 heterocycles. The van der Waals surface area contributed by atoms with Gasteiger partial charge in [-0.05, 0) is 19.8 Å². The second kappa shape index (κ2) is 8.27. The van der Waals surface area contributed by atoms with Crippen molar-refractivity contribution in [3.63, 3.8) is 0 Å². The van der Waals surface area contributed by atoms with Gasteiger partial charge in [-0.2, -0.15) is 0 Å². The van der Waals surface area contributed by atoms with E-state index >= 15 is 0 Å². The van der Waals surface area contributed by atoms with Crippen LogP contribution in [0.1, 0.15) is 39.0 Å². The van der Waals surface area contributed by atoms with Crippen molar-refractivity contribution in [2.45, 2.75) is 45.1 Å². The van der Waals surface area contributed by atoms with Gasteiger partial charge in [-0.3, -0.25) is 4.79 Å². The Morgan fingerprint density at radius 1 is 1.39 bits per heavy atom. The number of amides is 1. The summed E-state index contributed by atoms with van der Waals surface area (Å²) >= 11 is 0. The monoisotopic (exact) mass is 254 g/mol. The number of ether oxygens (including phenoxy) is 1. The van der Waals surface area contributed by atoms with Crippen molar-refractivity contribution in [3.8, 4) is 0 Å². The lowest BCUT2D eigenvalue weighted by Crippen LogP contribution is -2.42. The van der Waals surface area contributed by atoms with E-state index in [1.165, 1.54) is 6.42 Å². The third kappa shape index (κ3) is 5.65. The maximum Gasteiger partial charge on any atom is 0.224 e. The molecule has 1 aliphatic carbocycles. The maximum atomic E-state index is 12.0. The summed E-state index contributed by atoms with van der Waals surface area (Å²) in [7, 11) is 0. The molecule has 4 heteroatoms. The molecule has 1 rings (SSSR count). The van der Waals surface area contributed by atoms with E-state index in [0.29, 0.717) is 19.8 Å². The van der Waals surface area contributed by atoms with E-state index in [9.17, 15) is 4.79 Å². The average Bonchev–Trinajstić information content (AvgIpc) is 2.53.